The summed E-state index contributed by atoms with van der Waals surface area (Å²) in [6.07, 6.45) is 4.77. The second-order valence-corrected chi connectivity index (χ2v) is 3.88. The van der Waals surface area contributed by atoms with Crippen LogP contribution in [0.1, 0.15) is 27.2 Å². The minimum Gasteiger partial charge on any atom is -0.300 e. The summed E-state index contributed by atoms with van der Waals surface area (Å²) in [5.74, 6) is 0.300. The number of carbonyl (C=O) groups is 2. The third kappa shape index (κ3) is 2.06. The Balaban J connectivity index is 2.89. The zero-order valence-electron chi connectivity index (χ0n) is 8.41. The lowest BCUT2D eigenvalue weighted by atomic mass is 9.73. The second-order valence-electron chi connectivity index (χ2n) is 3.88. The van der Waals surface area contributed by atoms with Crippen molar-refractivity contribution in [1.82, 2.24) is 0 Å². The van der Waals surface area contributed by atoms with Crippen molar-refractivity contribution in [3.8, 4) is 0 Å². The van der Waals surface area contributed by atoms with Gasteiger partial charge in [-0.3, -0.25) is 9.59 Å². The maximum atomic E-state index is 11.3. The van der Waals surface area contributed by atoms with Gasteiger partial charge in [0.2, 0.25) is 0 Å². The van der Waals surface area contributed by atoms with Crippen molar-refractivity contribution in [2.75, 3.05) is 0 Å². The number of allylic oxidation sites excluding steroid dienone is 2. The predicted octanol–water partition coefficient (Wildman–Crippen LogP) is 1.99. The summed E-state index contributed by atoms with van der Waals surface area (Å²) in [5.41, 5.74) is 0. The summed E-state index contributed by atoms with van der Waals surface area (Å²) in [7, 11) is 0. The first-order valence-electron chi connectivity index (χ1n) is 4.71. The standard InChI is InChI=1S/C11H16O2/c1-7-5-4-6-10(8(2)12)11(7)9(3)13/h4-5,7,10-11H,6H2,1-3H3. The molecule has 1 aliphatic carbocycles. The Morgan fingerprint density at radius 3 is 2.23 bits per heavy atom. The number of hydrogen-bond donors (Lipinski definition) is 0. The third-order valence-corrected chi connectivity index (χ3v) is 2.82. The molecule has 3 unspecified atom stereocenters. The highest BCUT2D eigenvalue weighted by Crippen LogP contribution is 2.31. The second kappa shape index (κ2) is 3.86. The predicted molar refractivity (Wildman–Crippen MR) is 51.3 cm³/mol. The zero-order chi connectivity index (χ0) is 10.0. The number of Topliss-reactive ketones (excluding diaryl/α,β-unsaturated/α-hetero) is 2. The molecule has 0 amide bonds. The van der Waals surface area contributed by atoms with Crippen LogP contribution in [0.25, 0.3) is 0 Å². The third-order valence-electron chi connectivity index (χ3n) is 2.82. The molecule has 13 heavy (non-hydrogen) atoms. The van der Waals surface area contributed by atoms with Crippen molar-refractivity contribution in [3.05, 3.63) is 12.2 Å². The van der Waals surface area contributed by atoms with Gasteiger partial charge in [-0.2, -0.15) is 0 Å². The van der Waals surface area contributed by atoms with E-state index in [0.717, 1.165) is 6.42 Å². The van der Waals surface area contributed by atoms with Gasteiger partial charge in [-0.1, -0.05) is 19.1 Å². The number of rotatable bonds is 2. The molecule has 0 N–H and O–H groups in total. The van der Waals surface area contributed by atoms with E-state index in [1.165, 1.54) is 0 Å². The molecule has 0 spiro atoms. The molecule has 0 radical (unpaired) electrons. The Morgan fingerprint density at radius 2 is 1.85 bits per heavy atom. The average molecular weight is 180 g/mol. The van der Waals surface area contributed by atoms with Gasteiger partial charge in [0.15, 0.2) is 0 Å². The van der Waals surface area contributed by atoms with Crippen LogP contribution in [0.4, 0.5) is 0 Å². The van der Waals surface area contributed by atoms with Crippen molar-refractivity contribution in [2.45, 2.75) is 27.2 Å². The van der Waals surface area contributed by atoms with E-state index in [-0.39, 0.29) is 29.3 Å². The minimum absolute atomic E-state index is 0.0856. The molecule has 2 heteroatoms. The smallest absolute Gasteiger partial charge is 0.134 e. The van der Waals surface area contributed by atoms with Gasteiger partial charge in [-0.05, 0) is 26.2 Å². The highest BCUT2D eigenvalue weighted by molar-refractivity contribution is 5.88. The molecular formula is C11H16O2. The highest BCUT2D eigenvalue weighted by atomic mass is 16.1. The van der Waals surface area contributed by atoms with Crippen LogP contribution < -0.4 is 0 Å². The molecule has 0 aromatic heterocycles. The van der Waals surface area contributed by atoms with Crippen molar-refractivity contribution < 1.29 is 9.59 Å². The summed E-state index contributed by atoms with van der Waals surface area (Å²) in [5, 5.41) is 0. The van der Waals surface area contributed by atoms with Crippen molar-refractivity contribution >= 4 is 11.6 Å². The molecule has 1 rings (SSSR count). The van der Waals surface area contributed by atoms with E-state index in [0.29, 0.717) is 0 Å². The summed E-state index contributed by atoms with van der Waals surface area (Å²) in [6, 6.07) is 0. The Hall–Kier alpha value is -0.920. The monoisotopic (exact) mass is 180 g/mol. The Labute approximate surface area is 79.0 Å². The molecule has 3 atom stereocenters. The lowest BCUT2D eigenvalue weighted by Crippen LogP contribution is -2.33. The fourth-order valence-electron chi connectivity index (χ4n) is 2.14. The van der Waals surface area contributed by atoms with Gasteiger partial charge in [-0.25, -0.2) is 0 Å². The minimum atomic E-state index is -0.0949. The molecule has 0 aliphatic heterocycles. The van der Waals surface area contributed by atoms with Crippen LogP contribution in [0.3, 0.4) is 0 Å². The summed E-state index contributed by atoms with van der Waals surface area (Å²) < 4.78 is 0. The van der Waals surface area contributed by atoms with Gasteiger partial charge in [0, 0.05) is 11.8 Å². The Bertz CT molecular complexity index is 253. The van der Waals surface area contributed by atoms with Gasteiger partial charge >= 0.3 is 0 Å². The van der Waals surface area contributed by atoms with Gasteiger partial charge in [-0.15, -0.1) is 0 Å². The highest BCUT2D eigenvalue weighted by Gasteiger charge is 2.33. The molecule has 0 aromatic carbocycles. The topological polar surface area (TPSA) is 34.1 Å². The van der Waals surface area contributed by atoms with Crippen LogP contribution in [0, 0.1) is 17.8 Å². The average Bonchev–Trinajstić information content (AvgIpc) is 2.02. The number of ketones is 2. The maximum Gasteiger partial charge on any atom is 0.134 e. The van der Waals surface area contributed by atoms with Crippen molar-refractivity contribution in [1.29, 1.82) is 0 Å². The largest absolute Gasteiger partial charge is 0.300 e. The normalized spacial score (nSPS) is 33.0. The Morgan fingerprint density at radius 1 is 1.23 bits per heavy atom. The van der Waals surface area contributed by atoms with Crippen LogP contribution in [-0.2, 0) is 9.59 Å². The summed E-state index contributed by atoms with van der Waals surface area (Å²) >= 11 is 0. The molecule has 0 saturated heterocycles. The zero-order valence-corrected chi connectivity index (χ0v) is 8.41. The SMILES string of the molecule is CC(=O)C1CC=CC(C)C1C(C)=O. The van der Waals surface area contributed by atoms with Crippen LogP contribution in [0.2, 0.25) is 0 Å². The van der Waals surface area contributed by atoms with E-state index in [9.17, 15) is 9.59 Å². The molecule has 1 aliphatic rings. The first-order valence-corrected chi connectivity index (χ1v) is 4.71. The van der Waals surface area contributed by atoms with Gasteiger partial charge in [0.25, 0.3) is 0 Å². The van der Waals surface area contributed by atoms with E-state index < -0.39 is 0 Å². The first kappa shape index (κ1) is 10.2. The van der Waals surface area contributed by atoms with Crippen molar-refractivity contribution in [3.63, 3.8) is 0 Å². The first-order chi connectivity index (χ1) is 6.04. The van der Waals surface area contributed by atoms with E-state index in [1.54, 1.807) is 13.8 Å². The molecule has 0 saturated carbocycles. The lowest BCUT2D eigenvalue weighted by molar-refractivity contribution is -0.131. The molecule has 0 fully saturated rings. The Kier molecular flexibility index (Phi) is 3.02. The summed E-state index contributed by atoms with van der Waals surface area (Å²) in [4.78, 5) is 22.6. The molecule has 72 valence electrons. The molecular weight excluding hydrogens is 164 g/mol. The summed E-state index contributed by atoms with van der Waals surface area (Å²) in [6.45, 7) is 5.15. The fourth-order valence-corrected chi connectivity index (χ4v) is 2.14. The molecule has 0 bridgehead atoms. The van der Waals surface area contributed by atoms with Crippen molar-refractivity contribution in [2.24, 2.45) is 17.8 Å². The van der Waals surface area contributed by atoms with Crippen LogP contribution >= 0.6 is 0 Å². The van der Waals surface area contributed by atoms with Crippen LogP contribution in [0.15, 0.2) is 12.2 Å². The maximum absolute atomic E-state index is 11.3. The van der Waals surface area contributed by atoms with Gasteiger partial charge in [0.1, 0.15) is 11.6 Å². The van der Waals surface area contributed by atoms with Gasteiger partial charge < -0.3 is 0 Å². The van der Waals surface area contributed by atoms with E-state index in [2.05, 4.69) is 0 Å². The molecule has 2 nitrogen and oxygen atoms in total. The quantitative estimate of drug-likeness (QED) is 0.609. The van der Waals surface area contributed by atoms with E-state index in [1.807, 2.05) is 19.1 Å². The van der Waals surface area contributed by atoms with Crippen LogP contribution in [0.5, 0.6) is 0 Å². The molecule has 0 aromatic rings. The van der Waals surface area contributed by atoms with E-state index in [4.69, 9.17) is 0 Å². The van der Waals surface area contributed by atoms with Gasteiger partial charge in [0.05, 0.1) is 0 Å². The lowest BCUT2D eigenvalue weighted by Gasteiger charge is -2.29. The van der Waals surface area contributed by atoms with Crippen LogP contribution in [-0.4, -0.2) is 11.6 Å². The number of carbonyl (C=O) groups excluding carboxylic acids is 2. The molecule has 0 heterocycles. The number of hydrogen-bond acceptors (Lipinski definition) is 2. The van der Waals surface area contributed by atoms with E-state index >= 15 is 0 Å². The fraction of sp³-hybridized carbons (Fsp3) is 0.636.